The van der Waals surface area contributed by atoms with Crippen LogP contribution in [-0.4, -0.2) is 25.3 Å². The number of carbonyl (C=O) groups is 1. The van der Waals surface area contributed by atoms with E-state index >= 15 is 0 Å². The van der Waals surface area contributed by atoms with Crippen molar-refractivity contribution in [2.24, 2.45) is 0 Å². The minimum absolute atomic E-state index is 0.0370. The first-order valence-corrected chi connectivity index (χ1v) is 11.3. The van der Waals surface area contributed by atoms with Crippen molar-refractivity contribution >= 4 is 28.8 Å². The van der Waals surface area contributed by atoms with Gasteiger partial charge in [0, 0.05) is 41.6 Å². The summed E-state index contributed by atoms with van der Waals surface area (Å²) >= 11 is 5.86. The van der Waals surface area contributed by atoms with Crippen LogP contribution in [0.4, 0.5) is 11.4 Å². The van der Waals surface area contributed by atoms with Crippen LogP contribution >= 0.6 is 11.6 Å². The number of para-hydroxylation sites is 1. The fourth-order valence-electron chi connectivity index (χ4n) is 2.83. The van der Waals surface area contributed by atoms with Crippen molar-refractivity contribution in [3.8, 4) is 0 Å². The summed E-state index contributed by atoms with van der Waals surface area (Å²) < 4.78 is 10.1. The van der Waals surface area contributed by atoms with E-state index in [1.54, 1.807) is 12.1 Å². The largest absolute Gasteiger partial charge is 0.356 e. The van der Waals surface area contributed by atoms with E-state index in [-0.39, 0.29) is 12.1 Å². The number of benzene rings is 3. The lowest BCUT2D eigenvalue weighted by molar-refractivity contribution is -0.123. The summed E-state index contributed by atoms with van der Waals surface area (Å²) in [6, 6.07) is 24.8. The van der Waals surface area contributed by atoms with Gasteiger partial charge in [-0.25, -0.2) is 0 Å². The molecular formula is C28H34ClNO3. The van der Waals surface area contributed by atoms with Crippen LogP contribution in [0.2, 0.25) is 5.02 Å². The second-order valence-corrected chi connectivity index (χ2v) is 7.21. The maximum atomic E-state index is 12.3. The van der Waals surface area contributed by atoms with Gasteiger partial charge in [-0.1, -0.05) is 41.9 Å². The number of nitrogens with one attached hydrogen (secondary N) is 1. The van der Waals surface area contributed by atoms with Crippen LogP contribution in [0.5, 0.6) is 0 Å². The fraction of sp³-hybridized carbons (Fsp3) is 0.250. The molecule has 4 nitrogen and oxygen atoms in total. The van der Waals surface area contributed by atoms with Crippen LogP contribution in [0.25, 0.3) is 0 Å². The first-order chi connectivity index (χ1) is 16.0. The van der Waals surface area contributed by atoms with Gasteiger partial charge in [0.15, 0.2) is 12.1 Å². The zero-order chi connectivity index (χ0) is 24.5. The van der Waals surface area contributed by atoms with Crippen molar-refractivity contribution in [3.63, 3.8) is 0 Å². The predicted molar refractivity (Wildman–Crippen MR) is 140 cm³/mol. The van der Waals surface area contributed by atoms with E-state index in [1.807, 2.05) is 87.5 Å². The maximum absolute atomic E-state index is 12.3. The Morgan fingerprint density at radius 1 is 0.848 bits per heavy atom. The number of hydrogen-bond donors (Lipinski definition) is 1. The summed E-state index contributed by atoms with van der Waals surface area (Å²) in [6.45, 7) is 13.3. The zero-order valence-corrected chi connectivity index (χ0v) is 20.5. The van der Waals surface area contributed by atoms with Gasteiger partial charge in [0.25, 0.3) is 0 Å². The second kappa shape index (κ2) is 16.7. The summed E-state index contributed by atoms with van der Waals surface area (Å²) in [6.07, 6.45) is 0.341. The third kappa shape index (κ3) is 11.5. The summed E-state index contributed by atoms with van der Waals surface area (Å²) in [5.74, 6) is 0.0959. The number of halogens is 1. The Balaban J connectivity index is 0.000000464. The average molecular weight is 468 g/mol. The van der Waals surface area contributed by atoms with E-state index in [4.69, 9.17) is 21.1 Å². The quantitative estimate of drug-likeness (QED) is 0.199. The number of ketones is 1. The zero-order valence-electron chi connectivity index (χ0n) is 19.7. The van der Waals surface area contributed by atoms with Crippen molar-refractivity contribution in [1.29, 1.82) is 0 Å². The number of Topliss-reactive ketones (excluding diaryl/α,β-unsaturated/α-hetero) is 1. The number of rotatable bonds is 9. The monoisotopic (exact) mass is 467 g/mol. The SMILES string of the molecule is C=C.CCOC(C)OCC.O=C(Cc1ccc(Cl)cc1)c1ccc(Nc2ccccc2)cc1. The molecule has 0 unspecified atom stereocenters. The molecule has 0 bridgehead atoms. The molecule has 0 aromatic heterocycles. The first kappa shape index (κ1) is 28.1. The van der Waals surface area contributed by atoms with E-state index in [2.05, 4.69) is 18.5 Å². The molecule has 0 atom stereocenters. The highest BCUT2D eigenvalue weighted by Gasteiger charge is 2.07. The van der Waals surface area contributed by atoms with Gasteiger partial charge in [-0.3, -0.25) is 4.79 Å². The van der Waals surface area contributed by atoms with Crippen molar-refractivity contribution in [1.82, 2.24) is 0 Å². The van der Waals surface area contributed by atoms with Crippen LogP contribution in [-0.2, 0) is 15.9 Å². The number of ether oxygens (including phenoxy) is 2. The summed E-state index contributed by atoms with van der Waals surface area (Å²) in [4.78, 5) is 12.3. The molecule has 3 aromatic rings. The molecule has 0 radical (unpaired) electrons. The Hall–Kier alpha value is -2.92. The van der Waals surface area contributed by atoms with Gasteiger partial charge in [0.05, 0.1) is 0 Å². The van der Waals surface area contributed by atoms with E-state index in [0.717, 1.165) is 30.2 Å². The molecule has 33 heavy (non-hydrogen) atoms. The second-order valence-electron chi connectivity index (χ2n) is 6.77. The van der Waals surface area contributed by atoms with Gasteiger partial charge >= 0.3 is 0 Å². The Morgan fingerprint density at radius 2 is 1.36 bits per heavy atom. The van der Waals surface area contributed by atoms with E-state index in [0.29, 0.717) is 17.0 Å². The molecule has 3 aromatic carbocycles. The average Bonchev–Trinajstić information content (AvgIpc) is 2.84. The van der Waals surface area contributed by atoms with Gasteiger partial charge in [-0.2, -0.15) is 0 Å². The maximum Gasteiger partial charge on any atom is 0.167 e. The highest BCUT2D eigenvalue weighted by atomic mass is 35.5. The Morgan fingerprint density at radius 3 is 1.88 bits per heavy atom. The Kier molecular flexibility index (Phi) is 14.2. The molecule has 0 aliphatic carbocycles. The standard InChI is InChI=1S/C20H16ClNO.C6H14O2.C2H4/c21-17-10-6-15(7-11-17)14-20(23)16-8-12-19(13-9-16)22-18-4-2-1-3-5-18;1-4-7-6(3)8-5-2;1-2/h1-13,22H,14H2;6H,4-5H2,1-3H3;1-2H2. The smallest absolute Gasteiger partial charge is 0.167 e. The molecule has 0 aliphatic heterocycles. The molecule has 0 fully saturated rings. The number of hydrogen-bond acceptors (Lipinski definition) is 4. The summed E-state index contributed by atoms with van der Waals surface area (Å²) in [5, 5.41) is 3.98. The van der Waals surface area contributed by atoms with Crippen LogP contribution in [0.15, 0.2) is 92.0 Å². The lowest BCUT2D eigenvalue weighted by atomic mass is 10.0. The highest BCUT2D eigenvalue weighted by molar-refractivity contribution is 6.30. The number of anilines is 2. The molecule has 0 aliphatic rings. The van der Waals surface area contributed by atoms with Crippen molar-refractivity contribution < 1.29 is 14.3 Å². The van der Waals surface area contributed by atoms with Gasteiger partial charge < -0.3 is 14.8 Å². The van der Waals surface area contributed by atoms with Crippen molar-refractivity contribution in [3.05, 3.63) is 108 Å². The molecule has 176 valence electrons. The molecule has 1 N–H and O–H groups in total. The van der Waals surface area contributed by atoms with Crippen LogP contribution in [0.3, 0.4) is 0 Å². The van der Waals surface area contributed by atoms with E-state index < -0.39 is 0 Å². The molecule has 0 saturated heterocycles. The van der Waals surface area contributed by atoms with Crippen molar-refractivity contribution in [2.75, 3.05) is 18.5 Å². The van der Waals surface area contributed by atoms with Gasteiger partial charge in [0.1, 0.15) is 0 Å². The highest BCUT2D eigenvalue weighted by Crippen LogP contribution is 2.18. The predicted octanol–water partition coefficient (Wildman–Crippen LogP) is 7.72. The van der Waals surface area contributed by atoms with Gasteiger partial charge in [0.2, 0.25) is 0 Å². The first-order valence-electron chi connectivity index (χ1n) is 10.9. The summed E-state index contributed by atoms with van der Waals surface area (Å²) in [5.41, 5.74) is 3.65. The minimum atomic E-state index is -0.0370. The third-order valence-corrected chi connectivity index (χ3v) is 4.60. The summed E-state index contributed by atoms with van der Waals surface area (Å²) in [7, 11) is 0. The Bertz CT molecular complexity index is 906. The van der Waals surface area contributed by atoms with Crippen LogP contribution < -0.4 is 5.32 Å². The molecule has 0 saturated carbocycles. The van der Waals surface area contributed by atoms with Crippen LogP contribution in [0, 0.1) is 0 Å². The molecule has 0 amide bonds. The lowest BCUT2D eigenvalue weighted by Crippen LogP contribution is -2.11. The fourth-order valence-corrected chi connectivity index (χ4v) is 2.96. The minimum Gasteiger partial charge on any atom is -0.356 e. The molecule has 3 rings (SSSR count). The molecular weight excluding hydrogens is 434 g/mol. The molecule has 5 heteroatoms. The van der Waals surface area contributed by atoms with Gasteiger partial charge in [-0.15, -0.1) is 13.2 Å². The number of carbonyl (C=O) groups excluding carboxylic acids is 1. The Labute approximate surface area is 203 Å². The van der Waals surface area contributed by atoms with Gasteiger partial charge in [-0.05, 0) is 74.9 Å². The molecule has 0 heterocycles. The van der Waals surface area contributed by atoms with Crippen molar-refractivity contribution in [2.45, 2.75) is 33.5 Å². The van der Waals surface area contributed by atoms with Crippen LogP contribution in [0.1, 0.15) is 36.7 Å². The van der Waals surface area contributed by atoms with E-state index in [9.17, 15) is 4.79 Å². The molecule has 0 spiro atoms. The normalized spacial score (nSPS) is 9.85. The third-order valence-electron chi connectivity index (χ3n) is 4.35. The topological polar surface area (TPSA) is 47.6 Å². The lowest BCUT2D eigenvalue weighted by Gasteiger charge is -2.09. The van der Waals surface area contributed by atoms with E-state index in [1.165, 1.54) is 0 Å².